The van der Waals surface area contributed by atoms with Gasteiger partial charge in [0.2, 0.25) is 0 Å². The topological polar surface area (TPSA) is 103 Å². The zero-order valence-electron chi connectivity index (χ0n) is 24.1. The number of esters is 1. The van der Waals surface area contributed by atoms with Crippen LogP contribution in [0.4, 0.5) is 0 Å². The molecule has 224 valence electrons. The van der Waals surface area contributed by atoms with Crippen molar-refractivity contribution in [3.8, 4) is 17.6 Å². The number of fused-ring (bicyclic) bond motifs is 1. The van der Waals surface area contributed by atoms with Crippen LogP contribution in [0.2, 0.25) is 0 Å². The maximum absolute atomic E-state index is 14.1. The molecule has 4 aromatic rings. The van der Waals surface area contributed by atoms with Crippen molar-refractivity contribution in [3.05, 3.63) is 121 Å². The van der Waals surface area contributed by atoms with Crippen molar-refractivity contribution in [1.82, 2.24) is 4.57 Å². The lowest BCUT2D eigenvalue weighted by Gasteiger charge is -2.24. The van der Waals surface area contributed by atoms with E-state index in [2.05, 4.69) is 56.2 Å². The van der Waals surface area contributed by atoms with Crippen molar-refractivity contribution in [1.29, 1.82) is 5.26 Å². The lowest BCUT2D eigenvalue weighted by molar-refractivity contribution is -0.139. The molecular weight excluding hydrogens is 804 g/mol. The second kappa shape index (κ2) is 14.1. The zero-order valence-corrected chi connectivity index (χ0v) is 29.2. The first kappa shape index (κ1) is 31.9. The molecule has 1 atom stereocenters. The highest BCUT2D eigenvalue weighted by atomic mass is 127. The number of nitriles is 1. The largest absolute Gasteiger partial charge is 0.494 e. The van der Waals surface area contributed by atoms with Gasteiger partial charge in [0.05, 0.1) is 50.3 Å². The number of nitrogens with zero attached hydrogens (tertiary/aromatic N) is 3. The summed E-state index contributed by atoms with van der Waals surface area (Å²) in [7, 11) is 0. The molecule has 3 aromatic carbocycles. The molecule has 0 amide bonds. The number of carbonyl (C=O) groups excluding carboxylic acids is 1. The first-order valence-corrected chi connectivity index (χ1v) is 16.7. The average molecular weight is 831 g/mol. The molecule has 2 heterocycles. The van der Waals surface area contributed by atoms with Gasteiger partial charge in [-0.2, -0.15) is 5.26 Å². The van der Waals surface area contributed by atoms with Crippen LogP contribution in [-0.2, 0) is 16.1 Å². The van der Waals surface area contributed by atoms with E-state index in [1.807, 2.05) is 61.5 Å². The molecule has 5 rings (SSSR count). The van der Waals surface area contributed by atoms with Crippen molar-refractivity contribution in [2.45, 2.75) is 33.4 Å². The number of thiazole rings is 1. The minimum absolute atomic E-state index is 0.197. The highest BCUT2D eigenvalue weighted by Crippen LogP contribution is 2.33. The predicted molar refractivity (Wildman–Crippen MR) is 185 cm³/mol. The van der Waals surface area contributed by atoms with Gasteiger partial charge >= 0.3 is 5.97 Å². The van der Waals surface area contributed by atoms with Crippen molar-refractivity contribution < 1.29 is 19.0 Å². The Labute approximate surface area is 285 Å². The molecule has 0 radical (unpaired) electrons. The van der Waals surface area contributed by atoms with E-state index >= 15 is 0 Å². The van der Waals surface area contributed by atoms with Gasteiger partial charge in [-0.25, -0.2) is 9.79 Å². The number of allylic oxidation sites excluding steroid dienone is 1. The number of rotatable bonds is 9. The second-order valence-electron chi connectivity index (χ2n) is 9.67. The summed E-state index contributed by atoms with van der Waals surface area (Å²) in [6.45, 7) is 6.34. The molecule has 0 saturated carbocycles. The fraction of sp³-hybridized carbons (Fsp3) is 0.212. The first-order chi connectivity index (χ1) is 21.2. The number of carbonyl (C=O) groups is 1. The Kier molecular flexibility index (Phi) is 10.2. The minimum atomic E-state index is -0.725. The van der Waals surface area contributed by atoms with Gasteiger partial charge in [-0.3, -0.25) is 9.36 Å². The fourth-order valence-electron chi connectivity index (χ4n) is 4.91. The number of halogens is 2. The van der Waals surface area contributed by atoms with Crippen LogP contribution in [0, 0.1) is 18.5 Å². The Morgan fingerprint density at radius 3 is 2.55 bits per heavy atom. The summed E-state index contributed by atoms with van der Waals surface area (Å²) in [5, 5.41) is 9.51. The predicted octanol–water partition coefficient (Wildman–Crippen LogP) is 5.86. The van der Waals surface area contributed by atoms with Crippen molar-refractivity contribution in [3.63, 3.8) is 0 Å². The Balaban J connectivity index is 1.64. The summed E-state index contributed by atoms with van der Waals surface area (Å²) in [5.41, 5.74) is 3.31. The van der Waals surface area contributed by atoms with Gasteiger partial charge in [0.15, 0.2) is 4.80 Å². The van der Waals surface area contributed by atoms with Crippen LogP contribution in [0.15, 0.2) is 81.7 Å². The van der Waals surface area contributed by atoms with Gasteiger partial charge in [0.25, 0.3) is 5.56 Å². The van der Waals surface area contributed by atoms with E-state index in [4.69, 9.17) is 14.2 Å². The maximum Gasteiger partial charge on any atom is 0.338 e. The van der Waals surface area contributed by atoms with Gasteiger partial charge < -0.3 is 14.2 Å². The molecule has 44 heavy (non-hydrogen) atoms. The zero-order chi connectivity index (χ0) is 31.4. The molecule has 0 saturated heterocycles. The van der Waals surface area contributed by atoms with Crippen LogP contribution >= 0.6 is 56.5 Å². The molecule has 1 aromatic heterocycles. The third-order valence-electron chi connectivity index (χ3n) is 6.86. The van der Waals surface area contributed by atoms with Crippen LogP contribution < -0.4 is 24.4 Å². The van der Waals surface area contributed by atoms with E-state index in [0.717, 1.165) is 23.8 Å². The molecule has 0 aliphatic carbocycles. The molecular formula is C33H27I2N3O5S. The summed E-state index contributed by atoms with van der Waals surface area (Å²) < 4.78 is 21.1. The first-order valence-electron chi connectivity index (χ1n) is 13.8. The molecule has 8 nitrogen and oxygen atoms in total. The van der Waals surface area contributed by atoms with Crippen molar-refractivity contribution >= 4 is 68.6 Å². The normalized spacial score (nSPS) is 14.5. The van der Waals surface area contributed by atoms with Crippen molar-refractivity contribution in [2.75, 3.05) is 13.2 Å². The third-order valence-corrected chi connectivity index (χ3v) is 9.26. The minimum Gasteiger partial charge on any atom is -0.494 e. The van der Waals surface area contributed by atoms with Gasteiger partial charge in [-0.05, 0) is 108 Å². The van der Waals surface area contributed by atoms with Gasteiger partial charge in [-0.1, -0.05) is 41.7 Å². The van der Waals surface area contributed by atoms with Crippen LogP contribution in [-0.4, -0.2) is 23.8 Å². The standard InChI is InChI=1S/C33H27I2N3O5S/c1-4-41-25-12-10-20(11-13-25)29-28(32(40)42-5-2)19(3)37-33-38(29)31(39)27(44-33)15-23-14-24(34)16-26(35)30(23)43-18-22-9-7-6-8-21(22)17-36/h6-16,29H,4-5,18H2,1-3H3/b27-15-/t29-/m0/s1. The van der Waals surface area contributed by atoms with E-state index in [-0.39, 0.29) is 18.8 Å². The number of aromatic nitrogens is 1. The summed E-state index contributed by atoms with van der Waals surface area (Å²) in [6.07, 6.45) is 1.80. The quantitative estimate of drug-likeness (QED) is 0.155. The molecule has 0 spiro atoms. The number of ether oxygens (including phenoxy) is 3. The molecule has 11 heteroatoms. The van der Waals surface area contributed by atoms with E-state index in [0.29, 0.717) is 44.3 Å². The molecule has 1 aliphatic rings. The summed E-state index contributed by atoms with van der Waals surface area (Å²) in [4.78, 5) is 32.5. The number of benzene rings is 3. The Bertz CT molecular complexity index is 1990. The lowest BCUT2D eigenvalue weighted by atomic mass is 9.96. The van der Waals surface area contributed by atoms with Gasteiger partial charge in [-0.15, -0.1) is 0 Å². The Morgan fingerprint density at radius 2 is 1.84 bits per heavy atom. The SMILES string of the molecule is CCOC(=O)C1=C(C)N=c2s/c(=C\c3cc(I)cc(I)c3OCc3ccccc3C#N)c(=O)n2[C@H]1c1ccc(OCC)cc1. The number of hydrogen-bond acceptors (Lipinski definition) is 8. The smallest absolute Gasteiger partial charge is 0.338 e. The fourth-order valence-corrected chi connectivity index (χ4v) is 7.99. The van der Waals surface area contributed by atoms with Gasteiger partial charge in [0, 0.05) is 14.7 Å². The monoisotopic (exact) mass is 831 g/mol. The molecule has 0 fully saturated rings. The van der Waals surface area contributed by atoms with E-state index < -0.39 is 12.0 Å². The highest BCUT2D eigenvalue weighted by molar-refractivity contribution is 14.1. The van der Waals surface area contributed by atoms with Crippen LogP contribution in [0.25, 0.3) is 6.08 Å². The van der Waals surface area contributed by atoms with Crippen LogP contribution in [0.3, 0.4) is 0 Å². The second-order valence-corrected chi connectivity index (χ2v) is 13.1. The van der Waals surface area contributed by atoms with E-state index in [1.165, 1.54) is 11.3 Å². The molecule has 0 N–H and O–H groups in total. The summed E-state index contributed by atoms with van der Waals surface area (Å²) >= 11 is 5.71. The van der Waals surface area contributed by atoms with Gasteiger partial charge in [0.1, 0.15) is 18.1 Å². The van der Waals surface area contributed by atoms with E-state index in [9.17, 15) is 14.9 Å². The van der Waals surface area contributed by atoms with E-state index in [1.54, 1.807) is 30.6 Å². The number of hydrogen-bond donors (Lipinski definition) is 0. The van der Waals surface area contributed by atoms with Crippen molar-refractivity contribution in [2.24, 2.45) is 4.99 Å². The Morgan fingerprint density at radius 1 is 1.09 bits per heavy atom. The molecule has 0 unspecified atom stereocenters. The lowest BCUT2D eigenvalue weighted by Crippen LogP contribution is -2.39. The molecule has 0 bridgehead atoms. The molecule has 1 aliphatic heterocycles. The summed E-state index contributed by atoms with van der Waals surface area (Å²) in [6, 6.07) is 20.1. The third kappa shape index (κ3) is 6.62. The van der Waals surface area contributed by atoms with Crippen LogP contribution in [0.1, 0.15) is 49.1 Å². The Hall–Kier alpha value is -3.48. The average Bonchev–Trinajstić information content (AvgIpc) is 3.30. The van der Waals surface area contributed by atoms with Crippen LogP contribution in [0.5, 0.6) is 11.5 Å². The maximum atomic E-state index is 14.1. The highest BCUT2D eigenvalue weighted by Gasteiger charge is 2.33. The summed E-state index contributed by atoms with van der Waals surface area (Å²) in [5.74, 6) is 0.790.